The molecule has 0 aromatic carbocycles. The topological polar surface area (TPSA) is 29.5 Å². The van der Waals surface area contributed by atoms with E-state index in [1.165, 1.54) is 21.6 Å². The van der Waals surface area contributed by atoms with Crippen molar-refractivity contribution in [2.45, 2.75) is 40.2 Å². The summed E-state index contributed by atoms with van der Waals surface area (Å²) in [5, 5.41) is 2.17. The normalized spacial score (nSPS) is 15.6. The summed E-state index contributed by atoms with van der Waals surface area (Å²) >= 11 is 1.75. The van der Waals surface area contributed by atoms with E-state index in [0.717, 1.165) is 0 Å². The molecule has 1 amide bonds. The molecule has 3 nitrogen and oxygen atoms in total. The predicted molar refractivity (Wildman–Crippen MR) is 79.6 cm³/mol. The van der Waals surface area contributed by atoms with Crippen LogP contribution >= 0.6 is 11.3 Å². The van der Waals surface area contributed by atoms with E-state index in [1.807, 2.05) is 20.8 Å². The molecule has 0 unspecified atom stereocenters. The molecule has 1 aliphatic rings. The van der Waals surface area contributed by atoms with Gasteiger partial charge in [0.15, 0.2) is 0 Å². The Bertz CT molecular complexity index is 523. The molecule has 2 rings (SSSR count). The van der Waals surface area contributed by atoms with Gasteiger partial charge in [-0.15, -0.1) is 11.3 Å². The van der Waals surface area contributed by atoms with Gasteiger partial charge in [0, 0.05) is 11.4 Å². The molecule has 1 aliphatic heterocycles. The zero-order valence-electron chi connectivity index (χ0n) is 12.2. The maximum absolute atomic E-state index is 12.0. The fourth-order valence-corrected chi connectivity index (χ4v) is 3.11. The van der Waals surface area contributed by atoms with Gasteiger partial charge >= 0.3 is 6.09 Å². The van der Waals surface area contributed by atoms with E-state index in [9.17, 15) is 4.79 Å². The van der Waals surface area contributed by atoms with E-state index in [4.69, 9.17) is 4.74 Å². The molecule has 4 heteroatoms. The monoisotopic (exact) mass is 279 g/mol. The van der Waals surface area contributed by atoms with Gasteiger partial charge in [0.05, 0.1) is 6.54 Å². The number of aryl methyl sites for hydroxylation is 1. The summed E-state index contributed by atoms with van der Waals surface area (Å²) in [6.45, 7) is 11.2. The molecular weight excluding hydrogens is 258 g/mol. The standard InChI is InChI=1S/C15H21NO2S/c1-10-9-19-13(11(10)2)12-6-7-16(8-12)14(17)18-15(3,4)5/h6,9H,7-8H2,1-5H3. The van der Waals surface area contributed by atoms with Crippen molar-refractivity contribution >= 4 is 23.0 Å². The number of hydrogen-bond acceptors (Lipinski definition) is 3. The second kappa shape index (κ2) is 5.00. The molecule has 104 valence electrons. The van der Waals surface area contributed by atoms with Gasteiger partial charge < -0.3 is 9.64 Å². The zero-order chi connectivity index (χ0) is 14.2. The minimum atomic E-state index is -0.435. The zero-order valence-corrected chi connectivity index (χ0v) is 13.1. The second-order valence-electron chi connectivity index (χ2n) is 5.96. The lowest BCUT2D eigenvalue weighted by atomic mass is 10.1. The van der Waals surface area contributed by atoms with Crippen LogP contribution in [0.15, 0.2) is 11.5 Å². The molecule has 0 spiro atoms. The number of amides is 1. The van der Waals surface area contributed by atoms with E-state index in [-0.39, 0.29) is 6.09 Å². The first-order valence-electron chi connectivity index (χ1n) is 6.50. The Hall–Kier alpha value is -1.29. The van der Waals surface area contributed by atoms with Crippen LogP contribution in [0.25, 0.3) is 5.57 Å². The van der Waals surface area contributed by atoms with Gasteiger partial charge in [-0.05, 0) is 56.7 Å². The average Bonchev–Trinajstić information content (AvgIpc) is 2.85. The van der Waals surface area contributed by atoms with E-state index in [2.05, 4.69) is 25.3 Å². The first-order chi connectivity index (χ1) is 8.78. The molecule has 2 heterocycles. The molecule has 0 radical (unpaired) electrons. The Labute approximate surface area is 118 Å². The third-order valence-electron chi connectivity index (χ3n) is 3.15. The van der Waals surface area contributed by atoms with Crippen LogP contribution < -0.4 is 0 Å². The number of ether oxygens (including phenoxy) is 1. The average molecular weight is 279 g/mol. The molecule has 0 saturated heterocycles. The number of nitrogens with zero attached hydrogens (tertiary/aromatic N) is 1. The van der Waals surface area contributed by atoms with Crippen molar-refractivity contribution in [1.82, 2.24) is 4.90 Å². The van der Waals surface area contributed by atoms with Gasteiger partial charge in [0.2, 0.25) is 0 Å². The minimum Gasteiger partial charge on any atom is -0.444 e. The molecule has 0 bridgehead atoms. The van der Waals surface area contributed by atoms with Crippen LogP contribution in [-0.4, -0.2) is 29.7 Å². The number of hydrogen-bond donors (Lipinski definition) is 0. The third kappa shape index (κ3) is 3.18. The van der Waals surface area contributed by atoms with Crippen molar-refractivity contribution in [1.29, 1.82) is 0 Å². The van der Waals surface area contributed by atoms with Gasteiger partial charge in [-0.1, -0.05) is 6.08 Å². The molecule has 0 fully saturated rings. The summed E-state index contributed by atoms with van der Waals surface area (Å²) in [6, 6.07) is 0. The number of thiophene rings is 1. The fourth-order valence-electron chi connectivity index (χ4n) is 2.00. The summed E-state index contributed by atoms with van der Waals surface area (Å²) in [7, 11) is 0. The van der Waals surface area contributed by atoms with E-state index in [1.54, 1.807) is 16.2 Å². The molecule has 0 aliphatic carbocycles. The van der Waals surface area contributed by atoms with Crippen LogP contribution in [0.4, 0.5) is 4.79 Å². The Balaban J connectivity index is 2.04. The fraction of sp³-hybridized carbons (Fsp3) is 0.533. The third-order valence-corrected chi connectivity index (χ3v) is 4.42. The van der Waals surface area contributed by atoms with Crippen LogP contribution in [0.5, 0.6) is 0 Å². The van der Waals surface area contributed by atoms with Gasteiger partial charge in [-0.2, -0.15) is 0 Å². The van der Waals surface area contributed by atoms with Gasteiger partial charge in [0.1, 0.15) is 5.60 Å². The number of rotatable bonds is 1. The summed E-state index contributed by atoms with van der Waals surface area (Å²) in [5.41, 5.74) is 3.44. The van der Waals surface area contributed by atoms with Crippen LogP contribution in [-0.2, 0) is 4.74 Å². The molecule has 0 atom stereocenters. The van der Waals surface area contributed by atoms with Gasteiger partial charge in [0.25, 0.3) is 0 Å². The second-order valence-corrected chi connectivity index (χ2v) is 6.84. The highest BCUT2D eigenvalue weighted by Gasteiger charge is 2.26. The van der Waals surface area contributed by atoms with Gasteiger partial charge in [-0.3, -0.25) is 0 Å². The van der Waals surface area contributed by atoms with Crippen LogP contribution in [0.1, 0.15) is 36.8 Å². The summed E-state index contributed by atoms with van der Waals surface area (Å²) in [4.78, 5) is 15.0. The lowest BCUT2D eigenvalue weighted by molar-refractivity contribution is 0.0306. The van der Waals surface area contributed by atoms with Crippen molar-refractivity contribution < 1.29 is 9.53 Å². The predicted octanol–water partition coefficient (Wildman–Crippen LogP) is 4.00. The van der Waals surface area contributed by atoms with Crippen molar-refractivity contribution in [2.24, 2.45) is 0 Å². The quantitative estimate of drug-likeness (QED) is 0.777. The highest BCUT2D eigenvalue weighted by Crippen LogP contribution is 2.31. The van der Waals surface area contributed by atoms with Crippen LogP contribution in [0.3, 0.4) is 0 Å². The Morgan fingerprint density at radius 3 is 2.58 bits per heavy atom. The van der Waals surface area contributed by atoms with Crippen molar-refractivity contribution in [2.75, 3.05) is 13.1 Å². The lowest BCUT2D eigenvalue weighted by Crippen LogP contribution is -2.35. The van der Waals surface area contributed by atoms with E-state index < -0.39 is 5.60 Å². The minimum absolute atomic E-state index is 0.232. The maximum atomic E-state index is 12.0. The van der Waals surface area contributed by atoms with E-state index in [0.29, 0.717) is 13.1 Å². The smallest absolute Gasteiger partial charge is 0.410 e. The molecular formula is C15H21NO2S. The van der Waals surface area contributed by atoms with E-state index >= 15 is 0 Å². The van der Waals surface area contributed by atoms with Crippen molar-refractivity contribution in [3.05, 3.63) is 27.5 Å². The summed E-state index contributed by atoms with van der Waals surface area (Å²) in [5.74, 6) is 0. The molecule has 0 N–H and O–H groups in total. The Kier molecular flexibility index (Phi) is 3.72. The first-order valence-corrected chi connectivity index (χ1v) is 7.38. The first kappa shape index (κ1) is 14.1. The molecule has 0 saturated carbocycles. The lowest BCUT2D eigenvalue weighted by Gasteiger charge is -2.24. The summed E-state index contributed by atoms with van der Waals surface area (Å²) in [6.07, 6.45) is 1.90. The molecule has 1 aromatic heterocycles. The highest BCUT2D eigenvalue weighted by atomic mass is 32.1. The maximum Gasteiger partial charge on any atom is 0.410 e. The number of carbonyl (C=O) groups excluding carboxylic acids is 1. The number of carbonyl (C=O) groups is 1. The van der Waals surface area contributed by atoms with Crippen LogP contribution in [0, 0.1) is 13.8 Å². The molecule has 1 aromatic rings. The summed E-state index contributed by atoms with van der Waals surface area (Å²) < 4.78 is 5.40. The Morgan fingerprint density at radius 1 is 1.37 bits per heavy atom. The van der Waals surface area contributed by atoms with Crippen LogP contribution in [0.2, 0.25) is 0 Å². The highest BCUT2D eigenvalue weighted by molar-refractivity contribution is 7.11. The van der Waals surface area contributed by atoms with Gasteiger partial charge in [-0.25, -0.2) is 4.79 Å². The van der Waals surface area contributed by atoms with Crippen molar-refractivity contribution in [3.8, 4) is 0 Å². The van der Waals surface area contributed by atoms with Crippen molar-refractivity contribution in [3.63, 3.8) is 0 Å². The SMILES string of the molecule is Cc1csc(C2=CCN(C(=O)OC(C)(C)C)C2)c1C. The molecule has 19 heavy (non-hydrogen) atoms. The largest absolute Gasteiger partial charge is 0.444 e. The Morgan fingerprint density at radius 2 is 2.05 bits per heavy atom.